The van der Waals surface area contributed by atoms with Crippen molar-refractivity contribution in [2.75, 3.05) is 22.4 Å². The topological polar surface area (TPSA) is 95.6 Å². The monoisotopic (exact) mass is 429 g/mol. The Balaban J connectivity index is 2.38. The Kier molecular flexibility index (Phi) is 7.77. The Morgan fingerprint density at radius 2 is 1.87 bits per heavy atom. The number of sulfonamides is 1. The van der Waals surface area contributed by atoms with E-state index in [-0.39, 0.29) is 24.4 Å². The van der Waals surface area contributed by atoms with Gasteiger partial charge in [-0.3, -0.25) is 13.9 Å². The Morgan fingerprint density at radius 3 is 2.47 bits per heavy atom. The summed E-state index contributed by atoms with van der Waals surface area (Å²) in [6, 6.07) is 12.5. The minimum atomic E-state index is -3.74. The quantitative estimate of drug-likeness (QED) is 0.599. The van der Waals surface area contributed by atoms with Gasteiger partial charge in [-0.1, -0.05) is 37.3 Å². The minimum Gasteiger partial charge on any atom is -0.349 e. The van der Waals surface area contributed by atoms with Gasteiger partial charge in [0.2, 0.25) is 15.9 Å². The standard InChI is InChI=1S/C22H27N3O4S/c1-5-14-23-21(26)18-12-7-8-13-19(18)24-22(27)20(6-2)25(30(4,28)29)17-11-9-10-16(3)15-17/h5,7-13,15,20H,1,6,14H2,2-4H3,(H,23,26)(H,24,27)/t20-/m1/s1. The summed E-state index contributed by atoms with van der Waals surface area (Å²) in [6.07, 6.45) is 2.87. The summed E-state index contributed by atoms with van der Waals surface area (Å²) in [5.41, 5.74) is 1.88. The molecule has 2 rings (SSSR count). The van der Waals surface area contributed by atoms with Crippen molar-refractivity contribution in [3.05, 3.63) is 72.3 Å². The molecular weight excluding hydrogens is 402 g/mol. The predicted molar refractivity (Wildman–Crippen MR) is 120 cm³/mol. The number of hydrogen-bond donors (Lipinski definition) is 2. The van der Waals surface area contributed by atoms with Crippen molar-refractivity contribution in [1.29, 1.82) is 0 Å². The van der Waals surface area contributed by atoms with Gasteiger partial charge >= 0.3 is 0 Å². The molecule has 2 N–H and O–H groups in total. The minimum absolute atomic E-state index is 0.248. The third kappa shape index (κ3) is 5.70. The molecular formula is C22H27N3O4S. The van der Waals surface area contributed by atoms with Crippen LogP contribution in [-0.2, 0) is 14.8 Å². The summed E-state index contributed by atoms with van der Waals surface area (Å²) in [6.45, 7) is 7.43. The zero-order chi connectivity index (χ0) is 22.3. The second kappa shape index (κ2) is 10.1. The first-order valence-corrected chi connectivity index (χ1v) is 11.4. The molecule has 8 heteroatoms. The maximum atomic E-state index is 13.1. The lowest BCUT2D eigenvalue weighted by molar-refractivity contribution is -0.117. The number of carbonyl (C=O) groups is 2. The predicted octanol–water partition coefficient (Wildman–Crippen LogP) is 3.09. The summed E-state index contributed by atoms with van der Waals surface area (Å²) >= 11 is 0. The van der Waals surface area contributed by atoms with Crippen LogP contribution in [0.1, 0.15) is 29.3 Å². The van der Waals surface area contributed by atoms with Crippen molar-refractivity contribution in [2.45, 2.75) is 26.3 Å². The molecule has 2 aromatic carbocycles. The number of rotatable bonds is 9. The number of amides is 2. The lowest BCUT2D eigenvalue weighted by Gasteiger charge is -2.30. The summed E-state index contributed by atoms with van der Waals surface area (Å²) in [5.74, 6) is -0.883. The van der Waals surface area contributed by atoms with Crippen LogP contribution in [0, 0.1) is 6.92 Å². The molecule has 0 fully saturated rings. The largest absolute Gasteiger partial charge is 0.349 e. The molecule has 0 aliphatic rings. The van der Waals surface area contributed by atoms with Gasteiger partial charge < -0.3 is 10.6 Å². The second-order valence-electron chi connectivity index (χ2n) is 6.86. The highest BCUT2D eigenvalue weighted by molar-refractivity contribution is 7.92. The molecule has 0 unspecified atom stereocenters. The van der Waals surface area contributed by atoms with E-state index in [9.17, 15) is 18.0 Å². The second-order valence-corrected chi connectivity index (χ2v) is 8.71. The molecule has 0 aliphatic carbocycles. The highest BCUT2D eigenvalue weighted by atomic mass is 32.2. The van der Waals surface area contributed by atoms with E-state index in [1.54, 1.807) is 55.5 Å². The number of nitrogens with one attached hydrogen (secondary N) is 2. The zero-order valence-corrected chi connectivity index (χ0v) is 18.2. The van der Waals surface area contributed by atoms with E-state index in [0.29, 0.717) is 11.4 Å². The van der Waals surface area contributed by atoms with Crippen LogP contribution in [0.2, 0.25) is 0 Å². The first kappa shape index (κ1) is 23.2. The number of nitrogens with zero attached hydrogens (tertiary/aromatic N) is 1. The van der Waals surface area contributed by atoms with Crippen LogP contribution in [0.15, 0.2) is 61.2 Å². The normalized spacial score (nSPS) is 12.0. The SMILES string of the molecule is C=CCNC(=O)c1ccccc1NC(=O)[C@@H](CC)N(c1cccc(C)c1)S(C)(=O)=O. The number of carbonyl (C=O) groups excluding carboxylic acids is 2. The van der Waals surface area contributed by atoms with E-state index < -0.39 is 22.0 Å². The number of hydrogen-bond acceptors (Lipinski definition) is 4. The third-order valence-corrected chi connectivity index (χ3v) is 5.60. The van der Waals surface area contributed by atoms with Gasteiger partial charge in [0.15, 0.2) is 0 Å². The van der Waals surface area contributed by atoms with Gasteiger partial charge in [0.05, 0.1) is 23.2 Å². The molecule has 2 aromatic rings. The van der Waals surface area contributed by atoms with E-state index in [1.807, 2.05) is 13.0 Å². The van der Waals surface area contributed by atoms with Gasteiger partial charge in [-0.2, -0.15) is 0 Å². The molecule has 30 heavy (non-hydrogen) atoms. The molecule has 0 heterocycles. The maximum Gasteiger partial charge on any atom is 0.253 e. The van der Waals surface area contributed by atoms with Crippen molar-refractivity contribution in [3.8, 4) is 0 Å². The summed E-state index contributed by atoms with van der Waals surface area (Å²) in [4.78, 5) is 25.5. The van der Waals surface area contributed by atoms with Crippen LogP contribution in [0.4, 0.5) is 11.4 Å². The molecule has 0 saturated heterocycles. The van der Waals surface area contributed by atoms with Crippen LogP contribution in [0.3, 0.4) is 0 Å². The van der Waals surface area contributed by atoms with Gasteiger partial charge in [0, 0.05) is 6.54 Å². The molecule has 160 valence electrons. The van der Waals surface area contributed by atoms with E-state index in [1.165, 1.54) is 0 Å². The summed E-state index contributed by atoms with van der Waals surface area (Å²) < 4.78 is 26.3. The van der Waals surface area contributed by atoms with Crippen LogP contribution < -0.4 is 14.9 Å². The highest BCUT2D eigenvalue weighted by Gasteiger charge is 2.32. The van der Waals surface area contributed by atoms with Crippen LogP contribution in [0.25, 0.3) is 0 Å². The molecule has 0 saturated carbocycles. The zero-order valence-electron chi connectivity index (χ0n) is 17.4. The number of anilines is 2. The molecule has 2 amide bonds. The van der Waals surface area contributed by atoms with E-state index in [0.717, 1.165) is 16.1 Å². The fraction of sp³-hybridized carbons (Fsp3) is 0.273. The average molecular weight is 430 g/mol. The molecule has 0 aromatic heterocycles. The third-order valence-electron chi connectivity index (χ3n) is 4.42. The summed E-state index contributed by atoms with van der Waals surface area (Å²) in [7, 11) is -3.74. The van der Waals surface area contributed by atoms with E-state index >= 15 is 0 Å². The van der Waals surface area contributed by atoms with Gasteiger partial charge in [-0.25, -0.2) is 8.42 Å². The first-order valence-electron chi connectivity index (χ1n) is 9.54. The number of benzene rings is 2. The Hall–Kier alpha value is -3.13. The highest BCUT2D eigenvalue weighted by Crippen LogP contribution is 2.25. The fourth-order valence-corrected chi connectivity index (χ4v) is 4.30. The maximum absolute atomic E-state index is 13.1. The Bertz CT molecular complexity index is 1030. The molecule has 1 atom stereocenters. The lowest BCUT2D eigenvalue weighted by atomic mass is 10.1. The van der Waals surface area contributed by atoms with Crippen LogP contribution in [-0.4, -0.2) is 39.1 Å². The summed E-state index contributed by atoms with van der Waals surface area (Å²) in [5, 5.41) is 5.39. The fourth-order valence-electron chi connectivity index (χ4n) is 3.09. The van der Waals surface area contributed by atoms with Crippen molar-refractivity contribution in [1.82, 2.24) is 5.32 Å². The van der Waals surface area contributed by atoms with Crippen LogP contribution in [0.5, 0.6) is 0 Å². The van der Waals surface area contributed by atoms with E-state index in [4.69, 9.17) is 0 Å². The number of para-hydroxylation sites is 1. The van der Waals surface area contributed by atoms with E-state index in [2.05, 4.69) is 17.2 Å². The van der Waals surface area contributed by atoms with Crippen molar-refractivity contribution in [2.24, 2.45) is 0 Å². The van der Waals surface area contributed by atoms with Crippen molar-refractivity contribution >= 4 is 33.2 Å². The molecule has 0 bridgehead atoms. The lowest BCUT2D eigenvalue weighted by Crippen LogP contribution is -2.47. The molecule has 0 spiro atoms. The molecule has 7 nitrogen and oxygen atoms in total. The Labute approximate surface area is 177 Å². The van der Waals surface area contributed by atoms with Crippen molar-refractivity contribution in [3.63, 3.8) is 0 Å². The first-order chi connectivity index (χ1) is 14.2. The molecule has 0 aliphatic heterocycles. The van der Waals surface area contributed by atoms with Gasteiger partial charge in [-0.05, 0) is 43.2 Å². The average Bonchev–Trinajstić information content (AvgIpc) is 2.69. The number of aryl methyl sites for hydroxylation is 1. The van der Waals surface area contributed by atoms with Gasteiger partial charge in [0.1, 0.15) is 6.04 Å². The van der Waals surface area contributed by atoms with Crippen LogP contribution >= 0.6 is 0 Å². The smallest absolute Gasteiger partial charge is 0.253 e. The molecule has 0 radical (unpaired) electrons. The van der Waals surface area contributed by atoms with Gasteiger partial charge in [0.25, 0.3) is 5.91 Å². The Morgan fingerprint density at radius 1 is 1.17 bits per heavy atom. The van der Waals surface area contributed by atoms with Gasteiger partial charge in [-0.15, -0.1) is 6.58 Å². The van der Waals surface area contributed by atoms with Crippen molar-refractivity contribution < 1.29 is 18.0 Å².